The summed E-state index contributed by atoms with van der Waals surface area (Å²) in [5.74, 6) is -0.653. The molecule has 0 aliphatic heterocycles. The van der Waals surface area contributed by atoms with Gasteiger partial charge in [0.1, 0.15) is 0 Å². The Kier molecular flexibility index (Phi) is 34.1. The van der Waals surface area contributed by atoms with E-state index in [1.54, 1.807) is 0 Å². The first-order valence-corrected chi connectivity index (χ1v) is 8.99. The van der Waals surface area contributed by atoms with Gasteiger partial charge in [-0.05, 0) is 6.42 Å². The fraction of sp³-hybridized carbons (Fsp3) is 0.944. The standard InChI is InChI=1S/C18H36O2.2Sr.4H/c1-2-3-4-5-6-7-8-9-10-11-12-13-14-15-16-17-18(19)20;;;;;;/h2-17H2,1H3,(H,19,20);;;;;;/q;2*+2;4*-1. The van der Waals surface area contributed by atoms with Crippen molar-refractivity contribution in [3.05, 3.63) is 0 Å². The number of carbonyl (C=O) groups is 1. The maximum atomic E-state index is 10.3. The second kappa shape index (κ2) is 25.7. The third kappa shape index (κ3) is 27.3. The van der Waals surface area contributed by atoms with Crippen LogP contribution < -0.4 is 0 Å². The minimum absolute atomic E-state index is 0. The van der Waals surface area contributed by atoms with Gasteiger partial charge < -0.3 is 10.8 Å². The molecule has 0 aliphatic rings. The first-order valence-electron chi connectivity index (χ1n) is 8.99. The van der Waals surface area contributed by atoms with Crippen LogP contribution >= 0.6 is 0 Å². The van der Waals surface area contributed by atoms with Gasteiger partial charge >= 0.3 is 96.9 Å². The van der Waals surface area contributed by atoms with Crippen LogP contribution in [0.5, 0.6) is 0 Å². The predicted molar refractivity (Wildman–Crippen MR) is 103 cm³/mol. The van der Waals surface area contributed by atoms with Gasteiger partial charge in [-0.3, -0.25) is 4.79 Å². The SMILES string of the molecule is CCCCCCCCCCCCCCCCCC(=O)O.[H-].[H-].[H-].[H-].[Sr+2].[Sr+2]. The molecule has 0 saturated heterocycles. The number of aliphatic carboxylic acids is 1. The molecule has 0 aromatic carbocycles. The number of carboxylic acid groups (broad SMARTS) is 1. The van der Waals surface area contributed by atoms with Crippen molar-refractivity contribution in [2.75, 3.05) is 0 Å². The fourth-order valence-corrected chi connectivity index (χ4v) is 2.65. The van der Waals surface area contributed by atoms with Gasteiger partial charge in [0.15, 0.2) is 0 Å². The first kappa shape index (κ1) is 29.2. The molecule has 0 spiro atoms. The predicted octanol–water partition coefficient (Wildman–Crippen LogP) is 6.02. The van der Waals surface area contributed by atoms with E-state index in [4.69, 9.17) is 5.11 Å². The van der Waals surface area contributed by atoms with E-state index >= 15 is 0 Å². The first-order chi connectivity index (χ1) is 9.77. The minimum Gasteiger partial charge on any atom is -1.00 e. The Bertz CT molecular complexity index is 227. The van der Waals surface area contributed by atoms with Crippen molar-refractivity contribution >= 4 is 96.9 Å². The maximum absolute atomic E-state index is 10.3. The summed E-state index contributed by atoms with van der Waals surface area (Å²) in [5, 5.41) is 8.52. The fourth-order valence-electron chi connectivity index (χ4n) is 2.65. The quantitative estimate of drug-likeness (QED) is 0.224. The summed E-state index contributed by atoms with van der Waals surface area (Å²) in [6.45, 7) is 2.27. The molecule has 4 heteroatoms. The van der Waals surface area contributed by atoms with Crippen molar-refractivity contribution < 1.29 is 15.6 Å². The van der Waals surface area contributed by atoms with Crippen molar-refractivity contribution in [1.29, 1.82) is 0 Å². The second-order valence-electron chi connectivity index (χ2n) is 6.09. The molecule has 2 nitrogen and oxygen atoms in total. The summed E-state index contributed by atoms with van der Waals surface area (Å²) in [5.41, 5.74) is 0. The normalized spacial score (nSPS) is 9.86. The molecule has 0 unspecified atom stereocenters. The topological polar surface area (TPSA) is 37.3 Å². The van der Waals surface area contributed by atoms with Crippen molar-refractivity contribution in [3.8, 4) is 0 Å². The van der Waals surface area contributed by atoms with Gasteiger partial charge in [0.05, 0.1) is 0 Å². The van der Waals surface area contributed by atoms with Crippen LogP contribution in [-0.2, 0) is 4.79 Å². The number of rotatable bonds is 16. The minimum atomic E-state index is -0.653. The van der Waals surface area contributed by atoms with E-state index in [2.05, 4.69) is 6.92 Å². The Labute approximate surface area is 219 Å². The second-order valence-corrected chi connectivity index (χ2v) is 6.09. The molecule has 0 radical (unpaired) electrons. The smallest absolute Gasteiger partial charge is 1.00 e. The van der Waals surface area contributed by atoms with Crippen LogP contribution in [0.1, 0.15) is 115 Å². The summed E-state index contributed by atoms with van der Waals surface area (Å²) >= 11 is 0. The zero-order valence-corrected chi connectivity index (χ0v) is 22.0. The number of hydrogen-bond acceptors (Lipinski definition) is 1. The Hall–Kier alpha value is 2.43. The van der Waals surface area contributed by atoms with Gasteiger partial charge in [0, 0.05) is 6.42 Å². The van der Waals surface area contributed by atoms with Gasteiger partial charge in [0.2, 0.25) is 0 Å². The summed E-state index contributed by atoms with van der Waals surface area (Å²) < 4.78 is 0. The molecule has 0 aromatic rings. The molecule has 0 aromatic heterocycles. The number of hydrogen-bond donors (Lipinski definition) is 1. The summed E-state index contributed by atoms with van der Waals surface area (Å²) in [6.07, 6.45) is 20.2. The molecule has 0 atom stereocenters. The third-order valence-corrected chi connectivity index (χ3v) is 3.99. The summed E-state index contributed by atoms with van der Waals surface area (Å²) in [7, 11) is 0. The molecule has 0 bridgehead atoms. The van der Waals surface area contributed by atoms with E-state index in [-0.39, 0.29) is 96.7 Å². The summed E-state index contributed by atoms with van der Waals surface area (Å²) in [6, 6.07) is 0. The van der Waals surface area contributed by atoms with E-state index in [1.165, 1.54) is 83.5 Å². The van der Waals surface area contributed by atoms with E-state index in [1.807, 2.05) is 0 Å². The Morgan fingerprint density at radius 3 is 1.18 bits per heavy atom. The average Bonchev–Trinajstić information content (AvgIpc) is 2.43. The van der Waals surface area contributed by atoms with E-state index in [9.17, 15) is 4.79 Å². The molecule has 0 aliphatic carbocycles. The molecule has 0 fully saturated rings. The van der Waals surface area contributed by atoms with Crippen LogP contribution in [0.4, 0.5) is 0 Å². The number of carboxylic acids is 1. The van der Waals surface area contributed by atoms with Crippen molar-refractivity contribution in [2.24, 2.45) is 0 Å². The van der Waals surface area contributed by atoms with Crippen LogP contribution in [-0.4, -0.2) is 102 Å². The average molecular weight is 464 g/mol. The van der Waals surface area contributed by atoms with E-state index in [0.717, 1.165) is 12.8 Å². The van der Waals surface area contributed by atoms with Crippen LogP contribution in [0.2, 0.25) is 0 Å². The van der Waals surface area contributed by atoms with Crippen LogP contribution in [0.25, 0.3) is 0 Å². The molecule has 0 heterocycles. The zero-order chi connectivity index (χ0) is 14.9. The van der Waals surface area contributed by atoms with Gasteiger partial charge in [-0.1, -0.05) is 96.8 Å². The molecule has 0 amide bonds. The van der Waals surface area contributed by atoms with Crippen LogP contribution in [0.15, 0.2) is 0 Å². The Balaban J connectivity index is -0.000000120. The maximum Gasteiger partial charge on any atom is 2.00 e. The van der Waals surface area contributed by atoms with E-state index < -0.39 is 5.97 Å². The molecular formula is C18H40O2Sr2. The van der Waals surface area contributed by atoms with Crippen molar-refractivity contribution in [2.45, 2.75) is 110 Å². The van der Waals surface area contributed by atoms with Gasteiger partial charge in [-0.25, -0.2) is 0 Å². The van der Waals surface area contributed by atoms with Crippen molar-refractivity contribution in [1.82, 2.24) is 0 Å². The van der Waals surface area contributed by atoms with Gasteiger partial charge in [-0.15, -0.1) is 0 Å². The Morgan fingerprint density at radius 1 is 0.636 bits per heavy atom. The molecular weight excluding hydrogens is 423 g/mol. The third-order valence-electron chi connectivity index (χ3n) is 3.99. The van der Waals surface area contributed by atoms with Crippen molar-refractivity contribution in [3.63, 3.8) is 0 Å². The zero-order valence-electron chi connectivity index (χ0n) is 19.1. The molecule has 1 N–H and O–H groups in total. The largest absolute Gasteiger partial charge is 2.00 e. The monoisotopic (exact) mass is 464 g/mol. The molecule has 22 heavy (non-hydrogen) atoms. The van der Waals surface area contributed by atoms with Crippen LogP contribution in [0.3, 0.4) is 0 Å². The summed E-state index contributed by atoms with van der Waals surface area (Å²) in [4.78, 5) is 10.3. The van der Waals surface area contributed by atoms with Gasteiger partial charge in [-0.2, -0.15) is 0 Å². The molecule has 0 saturated carbocycles. The van der Waals surface area contributed by atoms with Crippen LogP contribution in [0, 0.1) is 0 Å². The molecule has 128 valence electrons. The molecule has 0 rings (SSSR count). The Morgan fingerprint density at radius 2 is 0.909 bits per heavy atom. The number of unbranched alkanes of at least 4 members (excludes halogenated alkanes) is 14. The van der Waals surface area contributed by atoms with E-state index in [0.29, 0.717) is 6.42 Å². The van der Waals surface area contributed by atoms with Gasteiger partial charge in [0.25, 0.3) is 0 Å².